The van der Waals surface area contributed by atoms with Crippen molar-refractivity contribution in [2.24, 2.45) is 35.0 Å². The van der Waals surface area contributed by atoms with E-state index in [-0.39, 0.29) is 28.8 Å². The number of nitrogens with one attached hydrogen (secondary N) is 1. The van der Waals surface area contributed by atoms with Crippen molar-refractivity contribution in [3.05, 3.63) is 22.8 Å². The fraction of sp³-hybridized carbons (Fsp3) is 0.778. The number of ketones is 2. The monoisotopic (exact) mass is 423 g/mol. The number of piperidine rings is 1. The maximum absolute atomic E-state index is 14.1. The lowest BCUT2D eigenvalue weighted by molar-refractivity contribution is -0.125. The predicted octanol–water partition coefficient (Wildman–Crippen LogP) is 4.39. The smallest absolute Gasteiger partial charge is 0.163 e. The first kappa shape index (κ1) is 20.4. The second-order valence-electron chi connectivity index (χ2n) is 11.9. The van der Waals surface area contributed by atoms with Crippen molar-refractivity contribution in [2.45, 2.75) is 90.4 Å². The van der Waals surface area contributed by atoms with Crippen molar-refractivity contribution >= 4 is 11.6 Å². The third-order valence-corrected chi connectivity index (χ3v) is 10.5. The van der Waals surface area contributed by atoms with Crippen LogP contribution >= 0.6 is 0 Å². The molecule has 0 radical (unpaired) electrons. The van der Waals surface area contributed by atoms with Crippen LogP contribution in [0.3, 0.4) is 0 Å². The van der Waals surface area contributed by atoms with Gasteiger partial charge in [0, 0.05) is 29.9 Å². The van der Waals surface area contributed by atoms with E-state index < -0.39 is 0 Å². The van der Waals surface area contributed by atoms with Gasteiger partial charge in [0.05, 0.1) is 11.7 Å². The summed E-state index contributed by atoms with van der Waals surface area (Å²) >= 11 is 0. The second-order valence-corrected chi connectivity index (χ2v) is 11.9. The van der Waals surface area contributed by atoms with E-state index in [0.717, 1.165) is 50.6 Å². The molecule has 4 fully saturated rings. The van der Waals surface area contributed by atoms with Gasteiger partial charge in [-0.1, -0.05) is 26.3 Å². The lowest BCUT2D eigenvalue weighted by Crippen LogP contribution is -2.49. The Labute approximate surface area is 186 Å². The molecule has 0 amide bonds. The number of fused-ring (bicyclic) bond motifs is 6. The van der Waals surface area contributed by atoms with E-state index in [2.05, 4.69) is 33.0 Å². The SMILES string of the molecule is CC1=C2C(=O)C3[C@@H](CCC4=CC(=O)CC[C@@]43C)C2CC[C@]12O[C@@H]1C[C@H](C)CN[C@H]1[C@H]2C. The summed E-state index contributed by atoms with van der Waals surface area (Å²) in [6.45, 7) is 10.2. The third kappa shape index (κ3) is 2.55. The Hall–Kier alpha value is -1.26. The van der Waals surface area contributed by atoms with Crippen molar-refractivity contribution in [1.82, 2.24) is 5.32 Å². The van der Waals surface area contributed by atoms with Crippen LogP contribution in [0.1, 0.15) is 72.6 Å². The number of ether oxygens (including phenoxy) is 1. The molecule has 2 aliphatic heterocycles. The van der Waals surface area contributed by atoms with Gasteiger partial charge < -0.3 is 10.1 Å². The van der Waals surface area contributed by atoms with Crippen LogP contribution in [0.2, 0.25) is 0 Å². The molecule has 0 aromatic rings. The van der Waals surface area contributed by atoms with Gasteiger partial charge in [0.15, 0.2) is 11.6 Å². The number of hydrogen-bond acceptors (Lipinski definition) is 4. The molecule has 2 saturated carbocycles. The topological polar surface area (TPSA) is 55.4 Å². The summed E-state index contributed by atoms with van der Waals surface area (Å²) in [6, 6.07) is 0.401. The van der Waals surface area contributed by atoms with Crippen molar-refractivity contribution in [2.75, 3.05) is 6.54 Å². The number of carbonyl (C=O) groups is 2. The molecule has 0 aromatic carbocycles. The molecule has 2 heterocycles. The summed E-state index contributed by atoms with van der Waals surface area (Å²) in [7, 11) is 0. The Balaban J connectivity index is 1.40. The van der Waals surface area contributed by atoms with Crippen LogP contribution in [0, 0.1) is 35.0 Å². The standard InChI is InChI=1S/C27H37NO3/c1-14-11-21-24(28-13-14)16(3)27(31-21)10-8-19-20-6-5-17-12-18(29)7-9-26(17,4)23(20)25(30)22(19)15(27)2/h12,14,16,19-21,23-24,28H,5-11,13H2,1-4H3/t14-,16+,19?,20-,21+,23?,24-,26-,27-/m0/s1. The highest BCUT2D eigenvalue weighted by Crippen LogP contribution is 2.64. The average molecular weight is 424 g/mol. The van der Waals surface area contributed by atoms with Gasteiger partial charge in [0.2, 0.25) is 0 Å². The van der Waals surface area contributed by atoms with Gasteiger partial charge in [-0.2, -0.15) is 0 Å². The minimum atomic E-state index is -0.274. The average Bonchev–Trinajstić information content (AvgIpc) is 3.18. The quantitative estimate of drug-likeness (QED) is 0.628. The molecule has 31 heavy (non-hydrogen) atoms. The van der Waals surface area contributed by atoms with E-state index >= 15 is 0 Å². The van der Waals surface area contributed by atoms with Crippen LogP contribution in [0.5, 0.6) is 0 Å². The molecule has 1 N–H and O–H groups in total. The highest BCUT2D eigenvalue weighted by Gasteiger charge is 2.63. The summed E-state index contributed by atoms with van der Waals surface area (Å²) in [4.78, 5) is 26.2. The normalized spacial score (nSPS) is 51.4. The molecular weight excluding hydrogens is 386 g/mol. The largest absolute Gasteiger partial charge is 0.365 e. The van der Waals surface area contributed by atoms with Crippen LogP contribution in [-0.4, -0.2) is 35.9 Å². The summed E-state index contributed by atoms with van der Waals surface area (Å²) in [5.74, 6) is 2.58. The van der Waals surface area contributed by atoms with Gasteiger partial charge >= 0.3 is 0 Å². The Morgan fingerprint density at radius 3 is 2.74 bits per heavy atom. The maximum atomic E-state index is 14.1. The highest BCUT2D eigenvalue weighted by atomic mass is 16.5. The predicted molar refractivity (Wildman–Crippen MR) is 119 cm³/mol. The number of allylic oxidation sites excluding steroid dienone is 3. The summed E-state index contributed by atoms with van der Waals surface area (Å²) in [5, 5.41) is 3.77. The van der Waals surface area contributed by atoms with Gasteiger partial charge in [0.1, 0.15) is 0 Å². The number of Topliss-reactive ketones (excluding diaryl/α,β-unsaturated/α-hetero) is 1. The molecule has 4 nitrogen and oxygen atoms in total. The minimum absolute atomic E-state index is 0.0582. The van der Waals surface area contributed by atoms with Gasteiger partial charge in [-0.15, -0.1) is 0 Å². The molecule has 4 aliphatic carbocycles. The Morgan fingerprint density at radius 1 is 1.13 bits per heavy atom. The molecule has 6 rings (SSSR count). The van der Waals surface area contributed by atoms with Crippen molar-refractivity contribution in [1.29, 1.82) is 0 Å². The summed E-state index contributed by atoms with van der Waals surface area (Å²) in [6.07, 6.45) is 8.88. The van der Waals surface area contributed by atoms with Crippen LogP contribution < -0.4 is 5.32 Å². The van der Waals surface area contributed by atoms with Crippen LogP contribution in [0.15, 0.2) is 22.8 Å². The van der Waals surface area contributed by atoms with Crippen LogP contribution in [0.4, 0.5) is 0 Å². The zero-order valence-electron chi connectivity index (χ0n) is 19.5. The second kappa shape index (κ2) is 6.63. The van der Waals surface area contributed by atoms with E-state index in [4.69, 9.17) is 4.74 Å². The van der Waals surface area contributed by atoms with E-state index in [0.29, 0.717) is 41.9 Å². The van der Waals surface area contributed by atoms with E-state index in [1.807, 2.05) is 6.08 Å². The summed E-state index contributed by atoms with van der Waals surface area (Å²) in [5.41, 5.74) is 3.22. The molecule has 2 saturated heterocycles. The molecule has 9 atom stereocenters. The molecule has 168 valence electrons. The fourth-order valence-corrected chi connectivity index (χ4v) is 8.84. The van der Waals surface area contributed by atoms with E-state index in [9.17, 15) is 9.59 Å². The molecule has 6 aliphatic rings. The fourth-order valence-electron chi connectivity index (χ4n) is 8.84. The maximum Gasteiger partial charge on any atom is 0.163 e. The number of rotatable bonds is 0. The van der Waals surface area contributed by atoms with Crippen LogP contribution in [-0.2, 0) is 14.3 Å². The molecule has 1 spiro atoms. The first-order chi connectivity index (χ1) is 14.8. The van der Waals surface area contributed by atoms with Gasteiger partial charge in [-0.3, -0.25) is 9.59 Å². The molecule has 0 aromatic heterocycles. The van der Waals surface area contributed by atoms with Crippen molar-refractivity contribution in [3.8, 4) is 0 Å². The van der Waals surface area contributed by atoms with Gasteiger partial charge in [-0.25, -0.2) is 0 Å². The number of hydrogen-bond donors (Lipinski definition) is 1. The van der Waals surface area contributed by atoms with E-state index in [1.165, 1.54) is 11.1 Å². The Kier molecular flexibility index (Phi) is 4.36. The van der Waals surface area contributed by atoms with E-state index in [1.54, 1.807) is 0 Å². The Bertz CT molecular complexity index is 917. The van der Waals surface area contributed by atoms with Gasteiger partial charge in [0.25, 0.3) is 0 Å². The summed E-state index contributed by atoms with van der Waals surface area (Å²) < 4.78 is 6.92. The first-order valence-electron chi connectivity index (χ1n) is 12.7. The molecular formula is C27H37NO3. The van der Waals surface area contributed by atoms with Crippen molar-refractivity contribution in [3.63, 3.8) is 0 Å². The van der Waals surface area contributed by atoms with Crippen molar-refractivity contribution < 1.29 is 14.3 Å². The van der Waals surface area contributed by atoms with Crippen LogP contribution in [0.25, 0.3) is 0 Å². The molecule has 2 unspecified atom stereocenters. The Morgan fingerprint density at radius 2 is 1.94 bits per heavy atom. The lowest BCUT2D eigenvalue weighted by Gasteiger charge is -2.47. The lowest BCUT2D eigenvalue weighted by atomic mass is 9.56. The zero-order valence-corrected chi connectivity index (χ0v) is 19.5. The third-order valence-electron chi connectivity index (χ3n) is 10.5. The van der Waals surface area contributed by atoms with Gasteiger partial charge in [-0.05, 0) is 86.8 Å². The minimum Gasteiger partial charge on any atom is -0.365 e. The molecule has 4 heteroatoms. The molecule has 0 bridgehead atoms. The highest BCUT2D eigenvalue weighted by molar-refractivity contribution is 6.03. The number of carbonyl (C=O) groups excluding carboxylic acids is 2. The first-order valence-corrected chi connectivity index (χ1v) is 12.7. The zero-order chi connectivity index (χ0) is 21.7.